The standard InChI is InChI=1S/C9H9NO3/c1-7(11)13-9-5-3-2-4-8(9)6-10-12/h2-5H,6H2,1H3. The number of rotatable bonds is 3. The van der Waals surface area contributed by atoms with Crippen molar-refractivity contribution < 1.29 is 9.53 Å². The van der Waals surface area contributed by atoms with E-state index in [9.17, 15) is 9.70 Å². The van der Waals surface area contributed by atoms with Gasteiger partial charge in [0.15, 0.2) is 0 Å². The van der Waals surface area contributed by atoms with Crippen LogP contribution in [0.1, 0.15) is 12.5 Å². The summed E-state index contributed by atoms with van der Waals surface area (Å²) in [6.07, 6.45) is 0. The molecule has 0 fully saturated rings. The molecular formula is C9H9NO3. The molecule has 0 aliphatic rings. The molecule has 4 nitrogen and oxygen atoms in total. The van der Waals surface area contributed by atoms with Gasteiger partial charge in [0, 0.05) is 12.5 Å². The second-order valence-corrected chi connectivity index (χ2v) is 2.49. The quantitative estimate of drug-likeness (QED) is 0.404. The van der Waals surface area contributed by atoms with Gasteiger partial charge in [0.1, 0.15) is 12.3 Å². The van der Waals surface area contributed by atoms with Crippen molar-refractivity contribution in [3.8, 4) is 5.75 Å². The Bertz CT molecular complexity index is 322. The average molecular weight is 179 g/mol. The number of hydrogen-bond donors (Lipinski definition) is 0. The predicted molar refractivity (Wildman–Crippen MR) is 47.3 cm³/mol. The van der Waals surface area contributed by atoms with Gasteiger partial charge in [-0.1, -0.05) is 23.4 Å². The molecule has 1 rings (SSSR count). The molecule has 0 radical (unpaired) electrons. The Balaban J connectivity index is 2.90. The van der Waals surface area contributed by atoms with Crippen molar-refractivity contribution in [2.45, 2.75) is 13.5 Å². The van der Waals surface area contributed by atoms with E-state index < -0.39 is 5.97 Å². The second-order valence-electron chi connectivity index (χ2n) is 2.49. The van der Waals surface area contributed by atoms with E-state index in [1.807, 2.05) is 0 Å². The van der Waals surface area contributed by atoms with Crippen LogP contribution in [0.15, 0.2) is 29.4 Å². The number of nitrogens with zero attached hydrogens (tertiary/aromatic N) is 1. The van der Waals surface area contributed by atoms with E-state index in [4.69, 9.17) is 4.74 Å². The van der Waals surface area contributed by atoms with E-state index in [-0.39, 0.29) is 6.54 Å². The molecular weight excluding hydrogens is 170 g/mol. The zero-order valence-electron chi connectivity index (χ0n) is 7.19. The Hall–Kier alpha value is -1.71. The molecule has 0 unspecified atom stereocenters. The van der Waals surface area contributed by atoms with Gasteiger partial charge in [0.05, 0.1) is 0 Å². The normalized spacial score (nSPS) is 9.31. The van der Waals surface area contributed by atoms with Crippen LogP contribution in [0.2, 0.25) is 0 Å². The number of esters is 1. The minimum absolute atomic E-state index is 0.0173. The van der Waals surface area contributed by atoms with Crippen LogP contribution in [-0.4, -0.2) is 5.97 Å². The molecule has 0 spiro atoms. The number of benzene rings is 1. The molecule has 0 aliphatic carbocycles. The summed E-state index contributed by atoms with van der Waals surface area (Å²) >= 11 is 0. The van der Waals surface area contributed by atoms with E-state index in [2.05, 4.69) is 5.18 Å². The molecule has 0 aromatic heterocycles. The monoisotopic (exact) mass is 179 g/mol. The number of nitroso groups, excluding NO2 is 1. The van der Waals surface area contributed by atoms with Crippen LogP contribution >= 0.6 is 0 Å². The predicted octanol–water partition coefficient (Wildman–Crippen LogP) is 1.88. The smallest absolute Gasteiger partial charge is 0.308 e. The van der Waals surface area contributed by atoms with Gasteiger partial charge in [-0.05, 0) is 6.07 Å². The first-order valence-electron chi connectivity index (χ1n) is 3.79. The molecule has 68 valence electrons. The van der Waals surface area contributed by atoms with E-state index in [1.165, 1.54) is 6.92 Å². The van der Waals surface area contributed by atoms with Gasteiger partial charge in [0.2, 0.25) is 0 Å². The average Bonchev–Trinajstić information content (AvgIpc) is 2.08. The number of ether oxygens (including phenoxy) is 1. The van der Waals surface area contributed by atoms with Crippen molar-refractivity contribution >= 4 is 5.97 Å². The lowest BCUT2D eigenvalue weighted by molar-refractivity contribution is -0.131. The van der Waals surface area contributed by atoms with Crippen LogP contribution in [0.4, 0.5) is 0 Å². The first kappa shape index (κ1) is 9.38. The number of para-hydroxylation sites is 1. The summed E-state index contributed by atoms with van der Waals surface area (Å²) in [6.45, 7) is 1.33. The van der Waals surface area contributed by atoms with Gasteiger partial charge in [-0.25, -0.2) is 0 Å². The Morgan fingerprint density at radius 3 is 2.77 bits per heavy atom. The molecule has 4 heteroatoms. The second kappa shape index (κ2) is 4.35. The van der Waals surface area contributed by atoms with Crippen LogP contribution in [0.3, 0.4) is 0 Å². The van der Waals surface area contributed by atoms with Gasteiger partial charge in [-0.2, -0.15) is 4.91 Å². The van der Waals surface area contributed by atoms with Crippen LogP contribution in [0.25, 0.3) is 0 Å². The summed E-state index contributed by atoms with van der Waals surface area (Å²) in [6, 6.07) is 6.81. The minimum Gasteiger partial charge on any atom is -0.426 e. The van der Waals surface area contributed by atoms with Crippen molar-refractivity contribution in [2.24, 2.45) is 5.18 Å². The first-order chi connectivity index (χ1) is 6.24. The highest BCUT2D eigenvalue weighted by atomic mass is 16.5. The molecule has 0 aliphatic heterocycles. The van der Waals surface area contributed by atoms with Crippen molar-refractivity contribution in [1.29, 1.82) is 0 Å². The highest BCUT2D eigenvalue weighted by Gasteiger charge is 2.04. The Morgan fingerprint density at radius 2 is 2.15 bits per heavy atom. The fraction of sp³-hybridized carbons (Fsp3) is 0.222. The molecule has 0 saturated heterocycles. The van der Waals surface area contributed by atoms with Crippen LogP contribution in [0, 0.1) is 4.91 Å². The summed E-state index contributed by atoms with van der Waals surface area (Å²) in [4.78, 5) is 20.7. The summed E-state index contributed by atoms with van der Waals surface area (Å²) in [7, 11) is 0. The Morgan fingerprint density at radius 1 is 1.46 bits per heavy atom. The minimum atomic E-state index is -0.404. The van der Waals surface area contributed by atoms with Crippen LogP contribution in [0.5, 0.6) is 5.75 Å². The Labute approximate surface area is 75.5 Å². The van der Waals surface area contributed by atoms with Crippen LogP contribution < -0.4 is 4.74 Å². The van der Waals surface area contributed by atoms with Crippen molar-refractivity contribution in [3.05, 3.63) is 34.7 Å². The molecule has 0 N–H and O–H groups in total. The Kier molecular flexibility index (Phi) is 3.14. The lowest BCUT2D eigenvalue weighted by Gasteiger charge is -2.04. The molecule has 0 heterocycles. The molecule has 0 amide bonds. The molecule has 1 aromatic rings. The maximum atomic E-state index is 10.6. The van der Waals surface area contributed by atoms with Crippen molar-refractivity contribution in [3.63, 3.8) is 0 Å². The summed E-state index contributed by atoms with van der Waals surface area (Å²) in [5.74, 6) is -0.00653. The molecule has 13 heavy (non-hydrogen) atoms. The molecule has 1 aromatic carbocycles. The van der Waals surface area contributed by atoms with Gasteiger partial charge >= 0.3 is 5.97 Å². The van der Waals surface area contributed by atoms with E-state index in [0.717, 1.165) is 0 Å². The third-order valence-corrected chi connectivity index (χ3v) is 1.46. The summed E-state index contributed by atoms with van der Waals surface area (Å²) in [5.41, 5.74) is 0.618. The number of carbonyl (C=O) groups is 1. The van der Waals surface area contributed by atoms with E-state index >= 15 is 0 Å². The lowest BCUT2D eigenvalue weighted by Crippen LogP contribution is -2.03. The lowest BCUT2D eigenvalue weighted by atomic mass is 10.2. The largest absolute Gasteiger partial charge is 0.426 e. The maximum Gasteiger partial charge on any atom is 0.308 e. The fourth-order valence-corrected chi connectivity index (χ4v) is 0.958. The van der Waals surface area contributed by atoms with Crippen LogP contribution in [-0.2, 0) is 11.3 Å². The topological polar surface area (TPSA) is 55.7 Å². The first-order valence-corrected chi connectivity index (χ1v) is 3.79. The van der Waals surface area contributed by atoms with E-state index in [0.29, 0.717) is 11.3 Å². The van der Waals surface area contributed by atoms with Crippen molar-refractivity contribution in [2.75, 3.05) is 0 Å². The zero-order valence-corrected chi connectivity index (χ0v) is 7.19. The number of hydrogen-bond acceptors (Lipinski definition) is 4. The highest BCUT2D eigenvalue weighted by molar-refractivity contribution is 5.69. The maximum absolute atomic E-state index is 10.6. The summed E-state index contributed by atoms with van der Waals surface area (Å²) in [5, 5.41) is 2.73. The summed E-state index contributed by atoms with van der Waals surface area (Å²) < 4.78 is 4.86. The highest BCUT2D eigenvalue weighted by Crippen LogP contribution is 2.18. The van der Waals surface area contributed by atoms with Gasteiger partial charge in [-0.3, -0.25) is 4.79 Å². The van der Waals surface area contributed by atoms with Gasteiger partial charge < -0.3 is 4.74 Å². The van der Waals surface area contributed by atoms with Gasteiger partial charge in [-0.15, -0.1) is 0 Å². The van der Waals surface area contributed by atoms with Crippen molar-refractivity contribution in [1.82, 2.24) is 0 Å². The third kappa shape index (κ3) is 2.66. The molecule has 0 bridgehead atoms. The zero-order chi connectivity index (χ0) is 9.68. The fourth-order valence-electron chi connectivity index (χ4n) is 0.958. The van der Waals surface area contributed by atoms with E-state index in [1.54, 1.807) is 24.3 Å². The van der Waals surface area contributed by atoms with Gasteiger partial charge in [0.25, 0.3) is 0 Å². The molecule has 0 saturated carbocycles. The SMILES string of the molecule is CC(=O)Oc1ccccc1CN=O. The molecule has 0 atom stereocenters. The number of carbonyl (C=O) groups excluding carboxylic acids is 1. The third-order valence-electron chi connectivity index (χ3n) is 1.46.